The van der Waals surface area contributed by atoms with Gasteiger partial charge in [-0.3, -0.25) is 0 Å². The lowest BCUT2D eigenvalue weighted by Gasteiger charge is -2.42. The Bertz CT molecular complexity index is 396. The van der Waals surface area contributed by atoms with E-state index < -0.39 is 0 Å². The maximum atomic E-state index is 5.75. The molecule has 0 saturated heterocycles. The van der Waals surface area contributed by atoms with Gasteiger partial charge in [0.05, 0.1) is 6.61 Å². The first kappa shape index (κ1) is 10.2. The molecule has 0 radical (unpaired) electrons. The summed E-state index contributed by atoms with van der Waals surface area (Å²) in [7, 11) is 0. The summed E-state index contributed by atoms with van der Waals surface area (Å²) in [6, 6.07) is 6.75. The van der Waals surface area contributed by atoms with Crippen molar-refractivity contribution in [3.63, 3.8) is 0 Å². The number of ether oxygens (including phenoxy) is 1. The van der Waals surface area contributed by atoms with E-state index in [0.29, 0.717) is 5.41 Å². The molecule has 1 fully saturated rings. The molecule has 1 aliphatic carbocycles. The molecule has 1 saturated carbocycles. The van der Waals surface area contributed by atoms with Gasteiger partial charge in [0.2, 0.25) is 0 Å². The van der Waals surface area contributed by atoms with E-state index in [-0.39, 0.29) is 0 Å². The number of rotatable bonds is 3. The predicted molar refractivity (Wildman–Crippen MR) is 64.8 cm³/mol. The van der Waals surface area contributed by atoms with Crippen molar-refractivity contribution in [3.8, 4) is 5.75 Å². The number of benzene rings is 1. The first-order valence-electron chi connectivity index (χ1n) is 6.30. The lowest BCUT2D eigenvalue weighted by atomic mass is 9.62. The average molecular weight is 217 g/mol. The van der Waals surface area contributed by atoms with Crippen LogP contribution in [0.25, 0.3) is 0 Å². The van der Waals surface area contributed by atoms with Gasteiger partial charge in [0, 0.05) is 6.42 Å². The van der Waals surface area contributed by atoms with Gasteiger partial charge in [0.1, 0.15) is 5.75 Å². The Morgan fingerprint density at radius 3 is 2.88 bits per heavy atom. The highest BCUT2D eigenvalue weighted by molar-refractivity contribution is 5.43. The van der Waals surface area contributed by atoms with Crippen LogP contribution in [-0.2, 0) is 11.8 Å². The minimum Gasteiger partial charge on any atom is -0.493 e. The van der Waals surface area contributed by atoms with E-state index in [1.165, 1.54) is 30.4 Å². The number of hydrogen-bond donors (Lipinski definition) is 1. The van der Waals surface area contributed by atoms with Crippen LogP contribution in [0.2, 0.25) is 0 Å². The molecule has 1 aliphatic heterocycles. The summed E-state index contributed by atoms with van der Waals surface area (Å²) in [5.41, 5.74) is 9.03. The molecule has 0 aromatic heterocycles. The molecule has 1 heterocycles. The van der Waals surface area contributed by atoms with Gasteiger partial charge in [-0.2, -0.15) is 0 Å². The van der Waals surface area contributed by atoms with Crippen molar-refractivity contribution < 1.29 is 4.74 Å². The van der Waals surface area contributed by atoms with Gasteiger partial charge >= 0.3 is 0 Å². The van der Waals surface area contributed by atoms with Crippen molar-refractivity contribution in [2.45, 2.75) is 37.5 Å². The topological polar surface area (TPSA) is 35.2 Å². The van der Waals surface area contributed by atoms with E-state index in [1.807, 2.05) is 0 Å². The van der Waals surface area contributed by atoms with E-state index >= 15 is 0 Å². The van der Waals surface area contributed by atoms with Crippen LogP contribution in [-0.4, -0.2) is 13.2 Å². The number of nitrogens with two attached hydrogens (primary N) is 1. The molecular weight excluding hydrogens is 198 g/mol. The maximum absolute atomic E-state index is 5.75. The molecule has 1 aromatic rings. The summed E-state index contributed by atoms with van der Waals surface area (Å²) >= 11 is 0. The fourth-order valence-corrected chi connectivity index (χ4v) is 3.08. The zero-order valence-corrected chi connectivity index (χ0v) is 9.67. The SMILES string of the molecule is NCCC1(c2ccc3c(c2)CCO3)CCC1. The molecule has 1 aromatic carbocycles. The van der Waals surface area contributed by atoms with Crippen molar-refractivity contribution in [1.82, 2.24) is 0 Å². The van der Waals surface area contributed by atoms with Crippen LogP contribution in [0.15, 0.2) is 18.2 Å². The Kier molecular flexibility index (Phi) is 2.40. The molecule has 0 spiro atoms. The summed E-state index contributed by atoms with van der Waals surface area (Å²) in [6.07, 6.45) is 6.18. The van der Waals surface area contributed by atoms with Gasteiger partial charge in [0.15, 0.2) is 0 Å². The molecule has 2 aliphatic rings. The highest BCUT2D eigenvalue weighted by Gasteiger charge is 2.38. The molecule has 0 amide bonds. The van der Waals surface area contributed by atoms with Crippen molar-refractivity contribution in [3.05, 3.63) is 29.3 Å². The van der Waals surface area contributed by atoms with E-state index in [0.717, 1.165) is 31.7 Å². The Labute approximate surface area is 96.8 Å². The van der Waals surface area contributed by atoms with Crippen molar-refractivity contribution in [2.24, 2.45) is 5.73 Å². The summed E-state index contributed by atoms with van der Waals surface area (Å²) in [5.74, 6) is 1.09. The fraction of sp³-hybridized carbons (Fsp3) is 0.571. The van der Waals surface area contributed by atoms with Crippen molar-refractivity contribution in [2.75, 3.05) is 13.2 Å². The second kappa shape index (κ2) is 3.77. The third kappa shape index (κ3) is 1.44. The molecule has 2 nitrogen and oxygen atoms in total. The van der Waals surface area contributed by atoms with Gasteiger partial charge in [-0.1, -0.05) is 18.6 Å². The minimum atomic E-state index is 0.395. The minimum absolute atomic E-state index is 0.395. The third-order valence-electron chi connectivity index (χ3n) is 4.24. The third-order valence-corrected chi connectivity index (χ3v) is 4.24. The number of fused-ring (bicyclic) bond motifs is 1. The van der Waals surface area contributed by atoms with E-state index in [9.17, 15) is 0 Å². The van der Waals surface area contributed by atoms with E-state index in [1.54, 1.807) is 0 Å². The van der Waals surface area contributed by atoms with Crippen molar-refractivity contribution in [1.29, 1.82) is 0 Å². The number of hydrogen-bond acceptors (Lipinski definition) is 2. The molecule has 16 heavy (non-hydrogen) atoms. The Morgan fingerprint density at radius 1 is 1.31 bits per heavy atom. The zero-order chi connectivity index (χ0) is 11.0. The van der Waals surface area contributed by atoms with Gasteiger partial charge in [-0.15, -0.1) is 0 Å². The highest BCUT2D eigenvalue weighted by atomic mass is 16.5. The molecule has 0 unspecified atom stereocenters. The fourth-order valence-electron chi connectivity index (χ4n) is 3.08. The van der Waals surface area contributed by atoms with Crippen molar-refractivity contribution >= 4 is 0 Å². The molecule has 2 N–H and O–H groups in total. The lowest BCUT2D eigenvalue weighted by molar-refractivity contribution is 0.229. The van der Waals surface area contributed by atoms with E-state index in [4.69, 9.17) is 10.5 Å². The van der Waals surface area contributed by atoms with Crippen LogP contribution < -0.4 is 10.5 Å². The zero-order valence-electron chi connectivity index (χ0n) is 9.67. The first-order valence-corrected chi connectivity index (χ1v) is 6.30. The second-order valence-corrected chi connectivity index (χ2v) is 5.09. The smallest absolute Gasteiger partial charge is 0.122 e. The largest absolute Gasteiger partial charge is 0.493 e. The van der Waals surface area contributed by atoms with Crippen LogP contribution in [0, 0.1) is 0 Å². The molecule has 3 rings (SSSR count). The van der Waals surface area contributed by atoms with Crippen LogP contribution in [0.5, 0.6) is 5.75 Å². The normalized spacial score (nSPS) is 21.1. The van der Waals surface area contributed by atoms with Crippen LogP contribution in [0.4, 0.5) is 0 Å². The maximum Gasteiger partial charge on any atom is 0.122 e. The molecule has 0 atom stereocenters. The van der Waals surface area contributed by atoms with Gasteiger partial charge in [-0.05, 0) is 48.4 Å². The molecule has 2 heteroatoms. The Morgan fingerprint density at radius 2 is 2.19 bits per heavy atom. The van der Waals surface area contributed by atoms with Crippen LogP contribution in [0.3, 0.4) is 0 Å². The molecule has 86 valence electrons. The molecule has 0 bridgehead atoms. The summed E-state index contributed by atoms with van der Waals surface area (Å²) in [4.78, 5) is 0. The summed E-state index contributed by atoms with van der Waals surface area (Å²) in [6.45, 7) is 1.65. The average Bonchev–Trinajstić information content (AvgIpc) is 2.70. The second-order valence-electron chi connectivity index (χ2n) is 5.09. The highest BCUT2D eigenvalue weighted by Crippen LogP contribution is 2.47. The summed E-state index contributed by atoms with van der Waals surface area (Å²) < 4.78 is 5.55. The summed E-state index contributed by atoms with van der Waals surface area (Å²) in [5, 5.41) is 0. The van der Waals surface area contributed by atoms with E-state index in [2.05, 4.69) is 18.2 Å². The van der Waals surface area contributed by atoms with Crippen LogP contribution >= 0.6 is 0 Å². The monoisotopic (exact) mass is 217 g/mol. The van der Waals surface area contributed by atoms with Gasteiger partial charge in [-0.25, -0.2) is 0 Å². The van der Waals surface area contributed by atoms with Gasteiger partial charge in [0.25, 0.3) is 0 Å². The lowest BCUT2D eigenvalue weighted by Crippen LogP contribution is -2.36. The Balaban J connectivity index is 1.93. The predicted octanol–water partition coefficient (Wildman–Crippen LogP) is 2.39. The molecular formula is C14H19NO. The quantitative estimate of drug-likeness (QED) is 0.843. The standard InChI is InChI=1S/C14H19NO/c15-8-7-14(5-1-6-14)12-2-3-13-11(10-12)4-9-16-13/h2-3,10H,1,4-9,15H2. The Hall–Kier alpha value is -1.02. The first-order chi connectivity index (χ1) is 7.84. The van der Waals surface area contributed by atoms with Gasteiger partial charge < -0.3 is 10.5 Å². The van der Waals surface area contributed by atoms with Crippen LogP contribution in [0.1, 0.15) is 36.8 Å².